The largest absolute Gasteiger partial charge is 0.363 e. The lowest BCUT2D eigenvalue weighted by atomic mass is 10.3. The molecule has 2 rings (SSSR count). The number of carbonyl (C=O) groups is 1. The van der Waals surface area contributed by atoms with Crippen LogP contribution < -0.4 is 10.6 Å². The number of aromatic nitrogens is 2. The summed E-state index contributed by atoms with van der Waals surface area (Å²) in [5.74, 6) is -0.190. The molecule has 1 unspecified atom stereocenters. The first kappa shape index (κ1) is 12.0. The average molecular weight is 268 g/mol. The SMILES string of the molecule is CNc1nnc(C(=O)NC(C)c2cccs2)s1. The number of hydrogen-bond donors (Lipinski definition) is 2. The molecule has 0 saturated carbocycles. The lowest BCUT2D eigenvalue weighted by Crippen LogP contribution is -2.25. The molecule has 0 fully saturated rings. The van der Waals surface area contributed by atoms with Crippen LogP contribution >= 0.6 is 22.7 Å². The predicted molar refractivity (Wildman–Crippen MR) is 69.7 cm³/mol. The van der Waals surface area contributed by atoms with E-state index < -0.39 is 0 Å². The van der Waals surface area contributed by atoms with Crippen LogP contribution in [0, 0.1) is 0 Å². The molecule has 0 spiro atoms. The van der Waals surface area contributed by atoms with Gasteiger partial charge in [0.2, 0.25) is 10.1 Å². The lowest BCUT2D eigenvalue weighted by molar-refractivity contribution is 0.0939. The van der Waals surface area contributed by atoms with Gasteiger partial charge >= 0.3 is 0 Å². The molecule has 2 aromatic rings. The standard InChI is InChI=1S/C10H12N4OS2/c1-6(7-4-3-5-16-7)12-8(15)9-13-14-10(11-2)17-9/h3-6H,1-2H3,(H,11,14)(H,12,15). The van der Waals surface area contributed by atoms with E-state index in [0.29, 0.717) is 10.1 Å². The van der Waals surface area contributed by atoms with Gasteiger partial charge in [-0.3, -0.25) is 4.79 Å². The van der Waals surface area contributed by atoms with Crippen molar-refractivity contribution < 1.29 is 4.79 Å². The minimum absolute atomic E-state index is 0.00978. The van der Waals surface area contributed by atoms with E-state index in [9.17, 15) is 4.79 Å². The van der Waals surface area contributed by atoms with E-state index in [-0.39, 0.29) is 11.9 Å². The number of thiophene rings is 1. The second-order valence-corrected chi connectivity index (χ2v) is 5.33. The number of amides is 1. The van der Waals surface area contributed by atoms with Crippen LogP contribution in [-0.2, 0) is 0 Å². The summed E-state index contributed by atoms with van der Waals surface area (Å²) in [4.78, 5) is 13.0. The summed E-state index contributed by atoms with van der Waals surface area (Å²) >= 11 is 2.86. The molecule has 2 heterocycles. The summed E-state index contributed by atoms with van der Waals surface area (Å²) in [5.41, 5.74) is 0. The fourth-order valence-electron chi connectivity index (χ4n) is 1.28. The van der Waals surface area contributed by atoms with E-state index >= 15 is 0 Å². The van der Waals surface area contributed by atoms with E-state index in [1.54, 1.807) is 18.4 Å². The molecule has 0 saturated heterocycles. The zero-order chi connectivity index (χ0) is 12.3. The van der Waals surface area contributed by atoms with Crippen LogP contribution in [0.25, 0.3) is 0 Å². The highest BCUT2D eigenvalue weighted by Crippen LogP contribution is 2.20. The van der Waals surface area contributed by atoms with Crippen molar-refractivity contribution in [1.82, 2.24) is 15.5 Å². The lowest BCUT2D eigenvalue weighted by Gasteiger charge is -2.09. The van der Waals surface area contributed by atoms with Crippen LogP contribution in [0.5, 0.6) is 0 Å². The monoisotopic (exact) mass is 268 g/mol. The molecule has 5 nitrogen and oxygen atoms in total. The number of rotatable bonds is 4. The second-order valence-electron chi connectivity index (χ2n) is 3.37. The van der Waals surface area contributed by atoms with Gasteiger partial charge in [-0.05, 0) is 18.4 Å². The van der Waals surface area contributed by atoms with Crippen molar-refractivity contribution in [3.8, 4) is 0 Å². The van der Waals surface area contributed by atoms with Gasteiger partial charge in [0.15, 0.2) is 0 Å². The van der Waals surface area contributed by atoms with E-state index in [0.717, 1.165) is 4.88 Å². The number of carbonyl (C=O) groups excluding carboxylic acids is 1. The number of nitrogens with zero attached hydrogens (tertiary/aromatic N) is 2. The van der Waals surface area contributed by atoms with Gasteiger partial charge in [0.1, 0.15) is 0 Å². The highest BCUT2D eigenvalue weighted by atomic mass is 32.1. The van der Waals surface area contributed by atoms with Crippen molar-refractivity contribution >= 4 is 33.7 Å². The number of hydrogen-bond acceptors (Lipinski definition) is 6. The quantitative estimate of drug-likeness (QED) is 0.891. The molecule has 1 atom stereocenters. The first-order chi connectivity index (χ1) is 8.20. The maximum Gasteiger partial charge on any atom is 0.282 e. The molecule has 0 aliphatic heterocycles. The minimum Gasteiger partial charge on any atom is -0.363 e. The van der Waals surface area contributed by atoms with E-state index in [2.05, 4.69) is 20.8 Å². The van der Waals surface area contributed by atoms with Crippen molar-refractivity contribution in [2.75, 3.05) is 12.4 Å². The smallest absolute Gasteiger partial charge is 0.282 e. The summed E-state index contributed by atoms with van der Waals surface area (Å²) in [6, 6.07) is 3.95. The van der Waals surface area contributed by atoms with Crippen LogP contribution in [-0.4, -0.2) is 23.2 Å². The summed E-state index contributed by atoms with van der Waals surface area (Å²) in [6.45, 7) is 1.95. The Morgan fingerprint density at radius 1 is 1.47 bits per heavy atom. The topological polar surface area (TPSA) is 66.9 Å². The molecule has 90 valence electrons. The first-order valence-corrected chi connectivity index (χ1v) is 6.76. The highest BCUT2D eigenvalue weighted by Gasteiger charge is 2.16. The van der Waals surface area contributed by atoms with Gasteiger partial charge in [-0.2, -0.15) is 0 Å². The molecule has 17 heavy (non-hydrogen) atoms. The molecule has 7 heteroatoms. The molecule has 2 aromatic heterocycles. The van der Waals surface area contributed by atoms with Crippen molar-refractivity contribution in [3.63, 3.8) is 0 Å². The first-order valence-electron chi connectivity index (χ1n) is 5.06. The molecular weight excluding hydrogens is 256 g/mol. The van der Waals surface area contributed by atoms with Gasteiger partial charge in [0.05, 0.1) is 6.04 Å². The molecule has 0 radical (unpaired) electrons. The third kappa shape index (κ3) is 2.80. The van der Waals surface area contributed by atoms with Gasteiger partial charge in [-0.25, -0.2) is 0 Å². The van der Waals surface area contributed by atoms with Crippen molar-refractivity contribution in [3.05, 3.63) is 27.4 Å². The van der Waals surface area contributed by atoms with Crippen LogP contribution in [0.2, 0.25) is 0 Å². The number of anilines is 1. The summed E-state index contributed by atoms with van der Waals surface area (Å²) in [5, 5.41) is 16.4. The Bertz CT molecular complexity index is 494. The zero-order valence-corrected chi connectivity index (χ0v) is 11.1. The Morgan fingerprint density at radius 2 is 2.29 bits per heavy atom. The highest BCUT2D eigenvalue weighted by molar-refractivity contribution is 7.17. The minimum atomic E-state index is -0.190. The summed E-state index contributed by atoms with van der Waals surface area (Å²) in [7, 11) is 1.75. The Hall–Kier alpha value is -1.47. The van der Waals surface area contributed by atoms with Gasteiger partial charge in [-0.15, -0.1) is 21.5 Å². The van der Waals surface area contributed by atoms with Crippen LogP contribution in [0.1, 0.15) is 27.6 Å². The van der Waals surface area contributed by atoms with Crippen molar-refractivity contribution in [1.29, 1.82) is 0 Å². The zero-order valence-electron chi connectivity index (χ0n) is 9.43. The Labute approximate surface area is 107 Å². The van der Waals surface area contributed by atoms with Gasteiger partial charge in [0, 0.05) is 11.9 Å². The molecule has 2 N–H and O–H groups in total. The molecular formula is C10H12N4OS2. The fourth-order valence-corrected chi connectivity index (χ4v) is 2.62. The fraction of sp³-hybridized carbons (Fsp3) is 0.300. The van der Waals surface area contributed by atoms with Gasteiger partial charge < -0.3 is 10.6 Å². The molecule has 0 aliphatic carbocycles. The van der Waals surface area contributed by atoms with Crippen molar-refractivity contribution in [2.24, 2.45) is 0 Å². The predicted octanol–water partition coefficient (Wildman–Crippen LogP) is 2.13. The third-order valence-electron chi connectivity index (χ3n) is 2.15. The second kappa shape index (κ2) is 5.24. The van der Waals surface area contributed by atoms with Crippen molar-refractivity contribution in [2.45, 2.75) is 13.0 Å². The normalized spacial score (nSPS) is 12.1. The molecule has 1 amide bonds. The molecule has 0 aromatic carbocycles. The summed E-state index contributed by atoms with van der Waals surface area (Å²) in [6.07, 6.45) is 0. The Kier molecular flexibility index (Phi) is 3.70. The maximum atomic E-state index is 11.9. The van der Waals surface area contributed by atoms with Crippen LogP contribution in [0.15, 0.2) is 17.5 Å². The average Bonchev–Trinajstić information content (AvgIpc) is 3.00. The van der Waals surface area contributed by atoms with E-state index in [1.165, 1.54) is 11.3 Å². The summed E-state index contributed by atoms with van der Waals surface area (Å²) < 4.78 is 0. The maximum absolute atomic E-state index is 11.9. The Morgan fingerprint density at radius 3 is 2.88 bits per heavy atom. The van der Waals surface area contributed by atoms with Gasteiger partial charge in [0.25, 0.3) is 5.91 Å². The van der Waals surface area contributed by atoms with Crippen LogP contribution in [0.4, 0.5) is 5.13 Å². The third-order valence-corrected chi connectivity index (χ3v) is 4.15. The molecule has 0 bridgehead atoms. The van der Waals surface area contributed by atoms with Crippen LogP contribution in [0.3, 0.4) is 0 Å². The molecule has 0 aliphatic rings. The number of nitrogens with one attached hydrogen (secondary N) is 2. The van der Waals surface area contributed by atoms with E-state index in [1.807, 2.05) is 24.4 Å². The van der Waals surface area contributed by atoms with E-state index in [4.69, 9.17) is 0 Å². The Balaban J connectivity index is 2.01. The van der Waals surface area contributed by atoms with Gasteiger partial charge in [-0.1, -0.05) is 17.4 Å².